The van der Waals surface area contributed by atoms with E-state index in [9.17, 15) is 10.1 Å². The summed E-state index contributed by atoms with van der Waals surface area (Å²) in [5.41, 5.74) is 3.85. The van der Waals surface area contributed by atoms with Gasteiger partial charge in [0, 0.05) is 17.8 Å². The maximum Gasteiger partial charge on any atom is 0.411 e. The van der Waals surface area contributed by atoms with Crippen LogP contribution in [0.5, 0.6) is 5.75 Å². The third kappa shape index (κ3) is 6.41. The maximum absolute atomic E-state index is 12.7. The Bertz CT molecular complexity index is 1430. The van der Waals surface area contributed by atoms with Crippen LogP contribution in [-0.2, 0) is 4.74 Å². The van der Waals surface area contributed by atoms with Crippen LogP contribution in [0.3, 0.4) is 0 Å². The number of allylic oxidation sites excluding steroid dienone is 3. The van der Waals surface area contributed by atoms with Crippen LogP contribution in [0.15, 0.2) is 60.6 Å². The molecule has 1 unspecified atom stereocenters. The van der Waals surface area contributed by atoms with E-state index in [1.165, 1.54) is 25.5 Å². The van der Waals surface area contributed by atoms with Crippen molar-refractivity contribution in [3.05, 3.63) is 71.8 Å². The van der Waals surface area contributed by atoms with Crippen molar-refractivity contribution in [2.45, 2.75) is 52.1 Å². The first-order valence-corrected chi connectivity index (χ1v) is 13.5. The Morgan fingerprint density at radius 3 is 2.69 bits per heavy atom. The van der Waals surface area contributed by atoms with E-state index in [2.05, 4.69) is 38.9 Å². The fourth-order valence-corrected chi connectivity index (χ4v) is 5.04. The maximum atomic E-state index is 12.7. The van der Waals surface area contributed by atoms with Gasteiger partial charge in [-0.05, 0) is 89.0 Å². The number of amides is 1. The van der Waals surface area contributed by atoms with E-state index in [0.29, 0.717) is 22.5 Å². The first-order chi connectivity index (χ1) is 19.0. The molecule has 3 aromatic rings. The molecule has 0 saturated carbocycles. The fourth-order valence-electron chi connectivity index (χ4n) is 5.04. The molecule has 9 heteroatoms. The topological polar surface area (TPSA) is 104 Å². The minimum absolute atomic E-state index is 0.224. The number of rotatable bonds is 8. The van der Waals surface area contributed by atoms with Gasteiger partial charge >= 0.3 is 6.09 Å². The van der Waals surface area contributed by atoms with Crippen molar-refractivity contribution in [2.24, 2.45) is 0 Å². The van der Waals surface area contributed by atoms with Gasteiger partial charge in [0.2, 0.25) is 0 Å². The van der Waals surface area contributed by atoms with Gasteiger partial charge in [-0.3, -0.25) is 10.2 Å². The number of piperidine rings is 1. The van der Waals surface area contributed by atoms with Gasteiger partial charge in [-0.2, -0.15) is 10.4 Å². The van der Waals surface area contributed by atoms with Crippen LogP contribution in [0.4, 0.5) is 21.9 Å². The molecule has 1 aromatic carbocycles. The molecule has 1 saturated heterocycles. The van der Waals surface area contributed by atoms with Crippen molar-refractivity contribution >= 4 is 28.7 Å². The van der Waals surface area contributed by atoms with Gasteiger partial charge in [-0.1, -0.05) is 12.5 Å². The number of carbonyl (C=O) groups is 1. The van der Waals surface area contributed by atoms with Crippen molar-refractivity contribution in [1.82, 2.24) is 14.5 Å². The lowest BCUT2D eigenvalue weighted by molar-refractivity contribution is 0.0833. The average molecular weight is 527 g/mol. The van der Waals surface area contributed by atoms with Crippen LogP contribution in [0.2, 0.25) is 0 Å². The summed E-state index contributed by atoms with van der Waals surface area (Å²) in [7, 11) is 0. The molecule has 1 amide bonds. The average Bonchev–Trinajstić information content (AvgIpc) is 3.26. The molecule has 202 valence electrons. The van der Waals surface area contributed by atoms with Gasteiger partial charge in [0.15, 0.2) is 0 Å². The molecule has 1 fully saturated rings. The van der Waals surface area contributed by atoms with Gasteiger partial charge in [-0.15, -0.1) is 0 Å². The second-order valence-electron chi connectivity index (χ2n) is 10.0. The molecule has 2 N–H and O–H groups in total. The second kappa shape index (κ2) is 12.0. The molecule has 1 aliphatic carbocycles. The van der Waals surface area contributed by atoms with Crippen LogP contribution < -0.4 is 15.4 Å². The summed E-state index contributed by atoms with van der Waals surface area (Å²) < 4.78 is 13.2. The van der Waals surface area contributed by atoms with E-state index in [0.717, 1.165) is 55.2 Å². The highest BCUT2D eigenvalue weighted by molar-refractivity contribution is 5.92. The quantitative estimate of drug-likeness (QED) is 0.355. The number of nitrogens with zero attached hydrogens (tertiary/aromatic N) is 4. The van der Waals surface area contributed by atoms with Crippen molar-refractivity contribution in [3.8, 4) is 11.8 Å². The largest absolute Gasteiger partial charge is 0.458 e. The third-order valence-electron chi connectivity index (χ3n) is 7.01. The lowest BCUT2D eigenvalue weighted by Gasteiger charge is -2.28. The molecule has 9 nitrogen and oxygen atoms in total. The van der Waals surface area contributed by atoms with Crippen molar-refractivity contribution in [1.29, 1.82) is 5.26 Å². The summed E-state index contributed by atoms with van der Waals surface area (Å²) in [6, 6.07) is 9.79. The number of hydrogen-bond donors (Lipinski definition) is 2. The van der Waals surface area contributed by atoms with Gasteiger partial charge in [0.05, 0.1) is 34.8 Å². The highest BCUT2D eigenvalue weighted by Crippen LogP contribution is 2.33. The van der Waals surface area contributed by atoms with E-state index in [-0.39, 0.29) is 6.10 Å². The van der Waals surface area contributed by atoms with E-state index in [4.69, 9.17) is 9.47 Å². The summed E-state index contributed by atoms with van der Waals surface area (Å²) in [5.74, 6) is 1.57. The van der Waals surface area contributed by atoms with E-state index in [1.807, 2.05) is 44.2 Å². The number of nitriles is 1. The monoisotopic (exact) mass is 526 g/mol. The van der Waals surface area contributed by atoms with Crippen LogP contribution in [0.1, 0.15) is 50.2 Å². The summed E-state index contributed by atoms with van der Waals surface area (Å²) in [6.07, 6.45) is 14.3. The number of aryl methyl sites for hydroxylation is 1. The Hall–Kier alpha value is -4.29. The Morgan fingerprint density at radius 2 is 1.97 bits per heavy atom. The molecular weight excluding hydrogens is 492 g/mol. The Labute approximate surface area is 228 Å². The van der Waals surface area contributed by atoms with E-state index in [1.54, 1.807) is 10.7 Å². The number of nitrogens with one attached hydrogen (secondary N) is 2. The van der Waals surface area contributed by atoms with Gasteiger partial charge in [0.1, 0.15) is 23.7 Å². The van der Waals surface area contributed by atoms with E-state index < -0.39 is 6.09 Å². The van der Waals surface area contributed by atoms with Crippen LogP contribution >= 0.6 is 0 Å². The molecule has 2 aromatic heterocycles. The molecule has 1 atom stereocenters. The van der Waals surface area contributed by atoms with E-state index >= 15 is 0 Å². The predicted molar refractivity (Wildman–Crippen MR) is 151 cm³/mol. The molecule has 0 bridgehead atoms. The SMILES string of the molecule is Cc1c(NC(=O)OC(C)CN2CCCCC2)cn2ncc(C#N)c(Nc3ccc(OC4=CCCC=C4)cc3)c12. The molecule has 3 heterocycles. The van der Waals surface area contributed by atoms with Crippen molar-refractivity contribution in [2.75, 3.05) is 30.3 Å². The minimum atomic E-state index is -0.507. The number of carbonyl (C=O) groups excluding carboxylic acids is 1. The standard InChI is InChI=1S/C30H34N6O3/c1-21(19-35-15-7-4-8-16-35)38-30(37)34-27-20-36-29(22(27)2)28(23(17-31)18-32-36)33-24-11-13-26(14-12-24)39-25-9-5-3-6-10-25/h5,9-14,18,20-21,33H,3-4,6-8,15-16,19H2,1-2H3,(H,34,37). The summed E-state index contributed by atoms with van der Waals surface area (Å²) in [6.45, 7) is 6.63. The molecule has 39 heavy (non-hydrogen) atoms. The predicted octanol–water partition coefficient (Wildman–Crippen LogP) is 6.29. The fraction of sp³-hybridized carbons (Fsp3) is 0.367. The zero-order valence-corrected chi connectivity index (χ0v) is 22.4. The highest BCUT2D eigenvalue weighted by atomic mass is 16.6. The summed E-state index contributed by atoms with van der Waals surface area (Å²) >= 11 is 0. The second-order valence-corrected chi connectivity index (χ2v) is 10.0. The van der Waals surface area contributed by atoms with Gasteiger partial charge in [0.25, 0.3) is 0 Å². The Kier molecular flexibility index (Phi) is 8.13. The first-order valence-electron chi connectivity index (χ1n) is 13.5. The minimum Gasteiger partial charge on any atom is -0.458 e. The molecule has 0 spiro atoms. The number of benzene rings is 1. The smallest absolute Gasteiger partial charge is 0.411 e. The third-order valence-corrected chi connectivity index (χ3v) is 7.01. The molecule has 0 radical (unpaired) electrons. The number of hydrogen-bond acceptors (Lipinski definition) is 7. The van der Waals surface area contributed by atoms with Gasteiger partial charge in [-0.25, -0.2) is 9.31 Å². The number of likely N-dealkylation sites (tertiary alicyclic amines) is 1. The number of aromatic nitrogens is 2. The zero-order valence-electron chi connectivity index (χ0n) is 22.4. The van der Waals surface area contributed by atoms with Crippen molar-refractivity contribution < 1.29 is 14.3 Å². The molecular formula is C30H34N6O3. The normalized spacial score (nSPS) is 16.3. The number of fused-ring (bicyclic) bond motifs is 1. The number of anilines is 3. The molecule has 2 aliphatic rings. The lowest BCUT2D eigenvalue weighted by Crippen LogP contribution is -2.37. The highest BCUT2D eigenvalue weighted by Gasteiger charge is 2.20. The Balaban J connectivity index is 1.30. The molecule has 1 aliphatic heterocycles. The van der Waals surface area contributed by atoms with Crippen LogP contribution in [0.25, 0.3) is 5.52 Å². The summed E-state index contributed by atoms with van der Waals surface area (Å²) in [5, 5.41) is 20.4. The zero-order chi connectivity index (χ0) is 27.2. The number of ether oxygens (including phenoxy) is 2. The van der Waals surface area contributed by atoms with Crippen molar-refractivity contribution in [3.63, 3.8) is 0 Å². The first kappa shape index (κ1) is 26.3. The van der Waals surface area contributed by atoms with Crippen LogP contribution in [0, 0.1) is 18.3 Å². The van der Waals surface area contributed by atoms with Crippen LogP contribution in [-0.4, -0.2) is 46.3 Å². The molecule has 5 rings (SSSR count). The van der Waals surface area contributed by atoms with Gasteiger partial charge < -0.3 is 14.8 Å². The lowest BCUT2D eigenvalue weighted by atomic mass is 10.1. The summed E-state index contributed by atoms with van der Waals surface area (Å²) in [4.78, 5) is 15.0. The Morgan fingerprint density at radius 1 is 1.18 bits per heavy atom.